The smallest absolute Gasteiger partial charge is 0.306 e. The summed E-state index contributed by atoms with van der Waals surface area (Å²) < 4.78 is 16.8. The predicted molar refractivity (Wildman–Crippen MR) is 279 cm³/mol. The van der Waals surface area contributed by atoms with Crippen LogP contribution in [0.3, 0.4) is 0 Å². The summed E-state index contributed by atoms with van der Waals surface area (Å²) >= 11 is 0. The molecular formula is C59H106O6. The molecule has 0 saturated carbocycles. The van der Waals surface area contributed by atoms with Gasteiger partial charge in [-0.1, -0.05) is 243 Å². The molecule has 0 aromatic carbocycles. The van der Waals surface area contributed by atoms with E-state index in [1.165, 1.54) is 148 Å². The summed E-state index contributed by atoms with van der Waals surface area (Å²) in [6.07, 6.45) is 65.3. The van der Waals surface area contributed by atoms with Crippen molar-refractivity contribution in [3.63, 3.8) is 0 Å². The van der Waals surface area contributed by atoms with E-state index in [9.17, 15) is 14.4 Å². The van der Waals surface area contributed by atoms with E-state index in [2.05, 4.69) is 69.4 Å². The average molecular weight is 911 g/mol. The molecule has 0 aromatic heterocycles. The predicted octanol–water partition coefficient (Wildman–Crippen LogP) is 18.7. The second-order valence-corrected chi connectivity index (χ2v) is 18.8. The molecule has 6 heteroatoms. The number of rotatable bonds is 51. The molecule has 0 rings (SSSR count). The van der Waals surface area contributed by atoms with E-state index < -0.39 is 6.10 Å². The van der Waals surface area contributed by atoms with Gasteiger partial charge >= 0.3 is 17.9 Å². The van der Waals surface area contributed by atoms with Gasteiger partial charge in [-0.3, -0.25) is 14.4 Å². The number of hydrogen-bond donors (Lipinski definition) is 0. The molecular weight excluding hydrogens is 805 g/mol. The van der Waals surface area contributed by atoms with Crippen molar-refractivity contribution in [2.24, 2.45) is 0 Å². The van der Waals surface area contributed by atoms with Crippen LogP contribution in [-0.2, 0) is 28.6 Å². The maximum absolute atomic E-state index is 12.8. The summed E-state index contributed by atoms with van der Waals surface area (Å²) in [5.74, 6) is -0.894. The van der Waals surface area contributed by atoms with E-state index in [1.807, 2.05) is 0 Å². The Morgan fingerprint density at radius 2 is 0.600 bits per heavy atom. The fraction of sp³-hybridized carbons (Fsp3) is 0.814. The average Bonchev–Trinajstić information content (AvgIpc) is 3.30. The van der Waals surface area contributed by atoms with E-state index in [-0.39, 0.29) is 31.1 Å². The molecule has 0 aliphatic heterocycles. The summed E-state index contributed by atoms with van der Waals surface area (Å²) in [5.41, 5.74) is 0. The molecule has 0 aliphatic rings. The number of allylic oxidation sites excluding steroid dienone is 8. The molecule has 378 valence electrons. The van der Waals surface area contributed by atoms with Crippen LogP contribution in [0, 0.1) is 0 Å². The van der Waals surface area contributed by atoms with Crippen LogP contribution < -0.4 is 0 Å². The third-order valence-corrected chi connectivity index (χ3v) is 12.3. The zero-order valence-electron chi connectivity index (χ0n) is 43.3. The van der Waals surface area contributed by atoms with Crippen LogP contribution in [0.25, 0.3) is 0 Å². The number of hydrogen-bond acceptors (Lipinski definition) is 6. The van der Waals surface area contributed by atoms with Gasteiger partial charge in [0.15, 0.2) is 6.10 Å². The van der Waals surface area contributed by atoms with Crippen LogP contribution in [0.5, 0.6) is 0 Å². The lowest BCUT2D eigenvalue weighted by molar-refractivity contribution is -0.167. The summed E-state index contributed by atoms with van der Waals surface area (Å²) in [7, 11) is 0. The first-order valence-electron chi connectivity index (χ1n) is 28.1. The van der Waals surface area contributed by atoms with Gasteiger partial charge in [-0.05, 0) is 77.0 Å². The molecule has 0 fully saturated rings. The Kier molecular flexibility index (Phi) is 51.8. The summed E-state index contributed by atoms with van der Waals surface area (Å²) in [6, 6.07) is 0. The lowest BCUT2D eigenvalue weighted by atomic mass is 10.0. The van der Waals surface area contributed by atoms with Gasteiger partial charge in [0.2, 0.25) is 0 Å². The zero-order chi connectivity index (χ0) is 47.2. The van der Waals surface area contributed by atoms with Gasteiger partial charge in [0.25, 0.3) is 0 Å². The van der Waals surface area contributed by atoms with Gasteiger partial charge < -0.3 is 14.2 Å². The van der Waals surface area contributed by atoms with Gasteiger partial charge in [-0.2, -0.15) is 0 Å². The molecule has 0 bridgehead atoms. The molecule has 0 N–H and O–H groups in total. The van der Waals surface area contributed by atoms with E-state index in [1.54, 1.807) is 0 Å². The van der Waals surface area contributed by atoms with Crippen LogP contribution in [-0.4, -0.2) is 37.2 Å². The SMILES string of the molecule is CC/C=C\C/C=C\C/C=C\CCCCCCCC(=O)OC(COC(=O)CCCCCCC/C=C\CCCCC)COC(=O)CCCCCCCCCCCCCCCCCCCCCC. The van der Waals surface area contributed by atoms with Crippen LogP contribution >= 0.6 is 0 Å². The zero-order valence-corrected chi connectivity index (χ0v) is 43.3. The Morgan fingerprint density at radius 3 is 0.985 bits per heavy atom. The Hall–Kier alpha value is -2.63. The number of carbonyl (C=O) groups is 3. The Morgan fingerprint density at radius 1 is 0.323 bits per heavy atom. The first-order valence-corrected chi connectivity index (χ1v) is 28.1. The monoisotopic (exact) mass is 911 g/mol. The van der Waals surface area contributed by atoms with Crippen molar-refractivity contribution in [2.45, 2.75) is 297 Å². The van der Waals surface area contributed by atoms with Gasteiger partial charge in [0.05, 0.1) is 0 Å². The molecule has 0 radical (unpaired) electrons. The van der Waals surface area contributed by atoms with E-state index in [4.69, 9.17) is 14.2 Å². The second kappa shape index (κ2) is 54.0. The number of unbranched alkanes of at least 4 members (excludes halogenated alkanes) is 32. The normalized spacial score (nSPS) is 12.4. The quantitative estimate of drug-likeness (QED) is 0.0262. The van der Waals surface area contributed by atoms with E-state index in [0.717, 1.165) is 103 Å². The minimum absolute atomic E-state index is 0.0800. The third-order valence-electron chi connectivity index (χ3n) is 12.3. The molecule has 0 saturated heterocycles. The molecule has 65 heavy (non-hydrogen) atoms. The van der Waals surface area contributed by atoms with Crippen molar-refractivity contribution >= 4 is 17.9 Å². The Labute approximate surface area is 403 Å². The lowest BCUT2D eigenvalue weighted by Crippen LogP contribution is -2.30. The lowest BCUT2D eigenvalue weighted by Gasteiger charge is -2.18. The highest BCUT2D eigenvalue weighted by atomic mass is 16.6. The van der Waals surface area contributed by atoms with Crippen LogP contribution in [0.1, 0.15) is 290 Å². The summed E-state index contributed by atoms with van der Waals surface area (Å²) in [6.45, 7) is 6.51. The minimum atomic E-state index is -0.783. The highest BCUT2D eigenvalue weighted by molar-refractivity contribution is 5.71. The van der Waals surface area contributed by atoms with Crippen LogP contribution in [0.2, 0.25) is 0 Å². The largest absolute Gasteiger partial charge is 0.462 e. The number of ether oxygens (including phenoxy) is 3. The maximum Gasteiger partial charge on any atom is 0.306 e. The Balaban J connectivity index is 4.32. The van der Waals surface area contributed by atoms with Crippen molar-refractivity contribution in [3.8, 4) is 0 Å². The molecule has 6 nitrogen and oxygen atoms in total. The summed E-state index contributed by atoms with van der Waals surface area (Å²) in [5, 5.41) is 0. The van der Waals surface area contributed by atoms with Crippen LogP contribution in [0.15, 0.2) is 48.6 Å². The third kappa shape index (κ3) is 52.2. The maximum atomic E-state index is 12.8. The molecule has 0 aliphatic carbocycles. The van der Waals surface area contributed by atoms with Gasteiger partial charge in [0, 0.05) is 19.3 Å². The van der Waals surface area contributed by atoms with E-state index in [0.29, 0.717) is 19.3 Å². The molecule has 0 spiro atoms. The topological polar surface area (TPSA) is 78.9 Å². The van der Waals surface area contributed by atoms with Crippen molar-refractivity contribution in [1.29, 1.82) is 0 Å². The van der Waals surface area contributed by atoms with Gasteiger partial charge in [0.1, 0.15) is 13.2 Å². The molecule has 1 unspecified atom stereocenters. The number of esters is 3. The first kappa shape index (κ1) is 62.4. The molecule has 0 heterocycles. The molecule has 0 amide bonds. The highest BCUT2D eigenvalue weighted by Crippen LogP contribution is 2.16. The van der Waals surface area contributed by atoms with Crippen molar-refractivity contribution in [2.75, 3.05) is 13.2 Å². The fourth-order valence-electron chi connectivity index (χ4n) is 8.10. The molecule has 1 atom stereocenters. The fourth-order valence-corrected chi connectivity index (χ4v) is 8.10. The standard InChI is InChI=1S/C59H106O6/c1-4-7-10-13-16-19-22-25-27-28-29-30-31-33-34-37-40-43-46-49-52-58(61)64-55-56(54-63-57(60)51-48-45-42-39-36-24-21-18-15-12-9-6-3)65-59(62)53-50-47-44-41-38-35-32-26-23-20-17-14-11-8-5-2/h8,11,17-18,20-21,26,32,56H,4-7,9-10,12-16,19,22-25,27-31,33-55H2,1-3H3/b11-8-,20-17-,21-18-,32-26-. The van der Waals surface area contributed by atoms with Gasteiger partial charge in [-0.25, -0.2) is 0 Å². The minimum Gasteiger partial charge on any atom is -0.462 e. The second-order valence-electron chi connectivity index (χ2n) is 18.8. The summed E-state index contributed by atoms with van der Waals surface area (Å²) in [4.78, 5) is 38.1. The van der Waals surface area contributed by atoms with Gasteiger partial charge in [-0.15, -0.1) is 0 Å². The number of carbonyl (C=O) groups excluding carboxylic acids is 3. The van der Waals surface area contributed by atoms with Crippen molar-refractivity contribution < 1.29 is 28.6 Å². The van der Waals surface area contributed by atoms with Crippen molar-refractivity contribution in [3.05, 3.63) is 48.6 Å². The van der Waals surface area contributed by atoms with Crippen LogP contribution in [0.4, 0.5) is 0 Å². The van der Waals surface area contributed by atoms with E-state index >= 15 is 0 Å². The Bertz CT molecular complexity index is 1140. The van der Waals surface area contributed by atoms with Crippen molar-refractivity contribution in [1.82, 2.24) is 0 Å². The highest BCUT2D eigenvalue weighted by Gasteiger charge is 2.19. The molecule has 0 aromatic rings. The first-order chi connectivity index (χ1) is 32.0.